The number of esters is 3. The Morgan fingerprint density at radius 1 is 1.00 bits per heavy atom. The van der Waals surface area contributed by atoms with Crippen LogP contribution >= 0.6 is 0 Å². The van der Waals surface area contributed by atoms with Crippen LogP contribution in [0.2, 0.25) is 0 Å². The van der Waals surface area contributed by atoms with Gasteiger partial charge in [0.1, 0.15) is 5.92 Å². The maximum absolute atomic E-state index is 13.1. The number of hydrogen-bond donors (Lipinski definition) is 1. The Hall–Kier alpha value is -3.62. The zero-order valence-corrected chi connectivity index (χ0v) is 18.5. The maximum atomic E-state index is 13.1. The van der Waals surface area contributed by atoms with Crippen molar-refractivity contribution in [1.29, 1.82) is 0 Å². The minimum Gasteiger partial charge on any atom is -0.466 e. The number of methoxy groups -OCH3 is 2. The number of allylic oxidation sites excluding steroid dienone is 2. The van der Waals surface area contributed by atoms with Crippen molar-refractivity contribution < 1.29 is 33.4 Å². The van der Waals surface area contributed by atoms with Crippen LogP contribution in [-0.2, 0) is 39.8 Å². The molecule has 32 heavy (non-hydrogen) atoms. The lowest BCUT2D eigenvalue weighted by Gasteiger charge is -2.30. The lowest BCUT2D eigenvalue weighted by Crippen LogP contribution is -2.41. The quantitative estimate of drug-likeness (QED) is 0.541. The summed E-state index contributed by atoms with van der Waals surface area (Å²) < 4.78 is 14.9. The van der Waals surface area contributed by atoms with Gasteiger partial charge in [0, 0.05) is 23.6 Å². The van der Waals surface area contributed by atoms with E-state index in [-0.39, 0.29) is 17.1 Å². The van der Waals surface area contributed by atoms with Crippen LogP contribution in [0.5, 0.6) is 0 Å². The lowest BCUT2D eigenvalue weighted by molar-refractivity contribution is -0.153. The Morgan fingerprint density at radius 3 is 2.19 bits per heavy atom. The van der Waals surface area contributed by atoms with Crippen LogP contribution in [0.25, 0.3) is 0 Å². The zero-order chi connectivity index (χ0) is 23.4. The number of carbonyl (C=O) groups is 4. The van der Waals surface area contributed by atoms with Gasteiger partial charge in [0.15, 0.2) is 6.61 Å². The van der Waals surface area contributed by atoms with Crippen LogP contribution < -0.4 is 10.2 Å². The number of nitrogens with zero attached hydrogens (tertiary/aromatic N) is 1. The minimum atomic E-state index is -1.38. The lowest BCUT2D eigenvalue weighted by atomic mass is 9.85. The summed E-state index contributed by atoms with van der Waals surface area (Å²) in [4.78, 5) is 52.3. The highest BCUT2D eigenvalue weighted by Crippen LogP contribution is 2.32. The molecule has 2 aliphatic rings. The third-order valence-electron chi connectivity index (χ3n) is 5.56. The van der Waals surface area contributed by atoms with Crippen molar-refractivity contribution in [3.63, 3.8) is 0 Å². The molecule has 0 saturated heterocycles. The van der Waals surface area contributed by atoms with E-state index < -0.39 is 30.4 Å². The number of aryl methyl sites for hydroxylation is 1. The van der Waals surface area contributed by atoms with Gasteiger partial charge in [0.2, 0.25) is 0 Å². The smallest absolute Gasteiger partial charge is 0.336 e. The van der Waals surface area contributed by atoms with Crippen molar-refractivity contribution in [2.24, 2.45) is 5.92 Å². The van der Waals surface area contributed by atoms with E-state index in [0.29, 0.717) is 17.9 Å². The number of benzene rings is 1. The van der Waals surface area contributed by atoms with E-state index >= 15 is 0 Å². The first-order valence-corrected chi connectivity index (χ1v) is 10.2. The first-order valence-electron chi connectivity index (χ1n) is 10.2. The van der Waals surface area contributed by atoms with E-state index in [9.17, 15) is 19.2 Å². The summed E-state index contributed by atoms with van der Waals surface area (Å²) in [7, 11) is 2.34. The molecule has 0 saturated carbocycles. The second kappa shape index (κ2) is 9.67. The van der Waals surface area contributed by atoms with Crippen LogP contribution in [-0.4, -0.2) is 51.2 Å². The molecule has 0 unspecified atom stereocenters. The van der Waals surface area contributed by atoms with Crippen molar-refractivity contribution in [3.05, 3.63) is 52.4 Å². The molecule has 1 amide bonds. The first kappa shape index (κ1) is 23.1. The van der Waals surface area contributed by atoms with Gasteiger partial charge in [0.05, 0.1) is 25.4 Å². The molecular formula is C23H26N2O7. The Bertz CT molecular complexity index is 987. The number of fused-ring (bicyclic) bond motifs is 1. The van der Waals surface area contributed by atoms with Gasteiger partial charge < -0.3 is 24.4 Å². The molecule has 3 rings (SSSR count). The van der Waals surface area contributed by atoms with Crippen LogP contribution in [0, 0.1) is 5.92 Å². The maximum Gasteiger partial charge on any atom is 0.336 e. The average Bonchev–Trinajstić information content (AvgIpc) is 2.80. The zero-order valence-electron chi connectivity index (χ0n) is 18.5. The molecule has 2 aliphatic heterocycles. The number of amides is 1. The molecule has 0 fully saturated rings. The topological polar surface area (TPSA) is 111 Å². The third-order valence-corrected chi connectivity index (χ3v) is 5.56. The molecule has 1 aromatic carbocycles. The summed E-state index contributed by atoms with van der Waals surface area (Å²) in [5.41, 5.74) is 2.40. The highest BCUT2D eigenvalue weighted by molar-refractivity contribution is 6.06. The fraction of sp³-hybridized carbons (Fsp3) is 0.391. The number of dihydropyridines is 1. The molecule has 9 heteroatoms. The Labute approximate surface area is 186 Å². The Kier molecular flexibility index (Phi) is 6.97. The summed E-state index contributed by atoms with van der Waals surface area (Å²) >= 11 is 0. The van der Waals surface area contributed by atoms with Crippen LogP contribution in [0.15, 0.2) is 46.8 Å². The fourth-order valence-electron chi connectivity index (χ4n) is 4.08. The summed E-state index contributed by atoms with van der Waals surface area (Å²) in [5.74, 6) is -4.26. The van der Waals surface area contributed by atoms with E-state index in [1.165, 1.54) is 14.2 Å². The van der Waals surface area contributed by atoms with Gasteiger partial charge >= 0.3 is 17.9 Å². The molecule has 0 aliphatic carbocycles. The molecule has 0 atom stereocenters. The minimum absolute atomic E-state index is 0.0701. The molecular weight excluding hydrogens is 416 g/mol. The largest absolute Gasteiger partial charge is 0.466 e. The number of nitrogens with one attached hydrogen (secondary N) is 1. The number of rotatable bonds is 5. The second-order valence-electron chi connectivity index (χ2n) is 7.50. The summed E-state index contributed by atoms with van der Waals surface area (Å²) in [6.07, 6.45) is 1.67. The number of carbonyl (C=O) groups excluding carboxylic acids is 4. The standard InChI is InChI=1S/C23H26N2O7/c1-13-18(21(27)30-3)20(19(14(2)24-13)22(28)31-4)23(29)32-12-17(26)25-11-7-9-15-8-5-6-10-16(15)25/h5-6,8,10,20,24H,7,9,11-12H2,1-4H3. The normalized spacial score (nSPS) is 16.2. The highest BCUT2D eigenvalue weighted by Gasteiger charge is 2.42. The number of hydrogen-bond acceptors (Lipinski definition) is 8. The number of para-hydroxylation sites is 1. The van der Waals surface area contributed by atoms with Crippen molar-refractivity contribution in [3.8, 4) is 0 Å². The van der Waals surface area contributed by atoms with Crippen LogP contribution in [0.1, 0.15) is 25.8 Å². The molecule has 170 valence electrons. The van der Waals surface area contributed by atoms with E-state index in [4.69, 9.17) is 14.2 Å². The molecule has 0 spiro atoms. The molecule has 0 radical (unpaired) electrons. The summed E-state index contributed by atoms with van der Waals surface area (Å²) in [6.45, 7) is 3.15. The van der Waals surface area contributed by atoms with E-state index in [1.807, 2.05) is 24.3 Å². The summed E-state index contributed by atoms with van der Waals surface area (Å²) in [6, 6.07) is 7.57. The Balaban J connectivity index is 1.84. The molecule has 0 aromatic heterocycles. The van der Waals surface area contributed by atoms with E-state index in [0.717, 1.165) is 24.1 Å². The Morgan fingerprint density at radius 2 is 1.59 bits per heavy atom. The van der Waals surface area contributed by atoms with Crippen molar-refractivity contribution >= 4 is 29.5 Å². The first-order chi connectivity index (χ1) is 15.3. The van der Waals surface area contributed by atoms with E-state index in [2.05, 4.69) is 5.32 Å². The van der Waals surface area contributed by atoms with Crippen LogP contribution in [0.4, 0.5) is 5.69 Å². The van der Waals surface area contributed by atoms with Gasteiger partial charge in [-0.1, -0.05) is 18.2 Å². The monoisotopic (exact) mass is 442 g/mol. The predicted octanol–water partition coefficient (Wildman–Crippen LogP) is 1.62. The van der Waals surface area contributed by atoms with Crippen LogP contribution in [0.3, 0.4) is 0 Å². The molecule has 9 nitrogen and oxygen atoms in total. The van der Waals surface area contributed by atoms with Crippen molar-refractivity contribution in [1.82, 2.24) is 5.32 Å². The fourth-order valence-corrected chi connectivity index (χ4v) is 4.08. The van der Waals surface area contributed by atoms with Gasteiger partial charge in [-0.2, -0.15) is 0 Å². The second-order valence-corrected chi connectivity index (χ2v) is 7.50. The van der Waals surface area contributed by atoms with Crippen molar-refractivity contribution in [2.45, 2.75) is 26.7 Å². The van der Waals surface area contributed by atoms with Gasteiger partial charge in [0.25, 0.3) is 5.91 Å². The predicted molar refractivity (Wildman–Crippen MR) is 114 cm³/mol. The van der Waals surface area contributed by atoms with Crippen molar-refractivity contribution in [2.75, 3.05) is 32.3 Å². The number of ether oxygens (including phenoxy) is 3. The molecule has 0 bridgehead atoms. The van der Waals surface area contributed by atoms with Gasteiger partial charge in [-0.05, 0) is 38.3 Å². The highest BCUT2D eigenvalue weighted by atomic mass is 16.5. The molecule has 1 aromatic rings. The van der Waals surface area contributed by atoms with E-state index in [1.54, 1.807) is 18.7 Å². The average molecular weight is 442 g/mol. The SMILES string of the molecule is COC(=O)C1=C(C)NC(C)=C(C(=O)OC)C1C(=O)OCC(=O)N1CCCc2ccccc21. The number of anilines is 1. The van der Waals surface area contributed by atoms with Gasteiger partial charge in [-0.3, -0.25) is 9.59 Å². The van der Waals surface area contributed by atoms with Gasteiger partial charge in [-0.25, -0.2) is 9.59 Å². The third kappa shape index (κ3) is 4.37. The molecule has 1 N–H and O–H groups in total. The molecule has 2 heterocycles. The van der Waals surface area contributed by atoms with Gasteiger partial charge in [-0.15, -0.1) is 0 Å². The summed E-state index contributed by atoms with van der Waals surface area (Å²) in [5, 5.41) is 2.90.